The van der Waals surface area contributed by atoms with Crippen LogP contribution in [0.4, 0.5) is 5.69 Å². The van der Waals surface area contributed by atoms with Crippen molar-refractivity contribution in [1.82, 2.24) is 9.78 Å². The van der Waals surface area contributed by atoms with Gasteiger partial charge in [0, 0.05) is 32.2 Å². The van der Waals surface area contributed by atoms with Gasteiger partial charge < -0.3 is 4.74 Å². The molecule has 2 aromatic rings. The number of nitrogens with zero attached hydrogens (tertiary/aromatic N) is 3. The minimum Gasteiger partial charge on any atom is -0.380 e. The molecule has 0 saturated heterocycles. The lowest BCUT2D eigenvalue weighted by molar-refractivity contribution is -0.384. The molecular weight excluding hydrogens is 413 g/mol. The van der Waals surface area contributed by atoms with Gasteiger partial charge in [-0.15, -0.1) is 0 Å². The van der Waals surface area contributed by atoms with E-state index in [1.807, 2.05) is 0 Å². The van der Waals surface area contributed by atoms with Gasteiger partial charge in [0.1, 0.15) is 3.70 Å². The highest BCUT2D eigenvalue weighted by atomic mass is 127. The summed E-state index contributed by atoms with van der Waals surface area (Å²) >= 11 is 2.15. The number of aromatic nitrogens is 2. The highest BCUT2D eigenvalue weighted by Crippen LogP contribution is 2.24. The van der Waals surface area contributed by atoms with Crippen LogP contribution in [0.15, 0.2) is 18.2 Å². The largest absolute Gasteiger partial charge is 0.380 e. The number of hydrogen-bond donors (Lipinski definition) is 0. The first kappa shape index (κ1) is 17.4. The third kappa shape index (κ3) is 4.50. The van der Waals surface area contributed by atoms with Crippen LogP contribution in [0.1, 0.15) is 0 Å². The first-order chi connectivity index (χ1) is 10.3. The Morgan fingerprint density at radius 1 is 1.36 bits per heavy atom. The first-order valence-corrected chi connectivity index (χ1v) is 11.9. The molecule has 0 aliphatic carbocycles. The minimum absolute atomic E-state index is 0.0877. The maximum atomic E-state index is 10.9. The number of nitro groups is 1. The van der Waals surface area contributed by atoms with Crippen molar-refractivity contribution in [3.8, 4) is 0 Å². The smallest absolute Gasteiger partial charge is 0.271 e. The summed E-state index contributed by atoms with van der Waals surface area (Å²) in [4.78, 5) is 10.5. The summed E-state index contributed by atoms with van der Waals surface area (Å²) in [6.07, 6.45) is 0. The number of hydrogen-bond acceptors (Lipinski definition) is 4. The Bertz CT molecular complexity index is 682. The normalized spacial score (nSPS) is 12.0. The molecule has 0 saturated carbocycles. The van der Waals surface area contributed by atoms with Crippen molar-refractivity contribution >= 4 is 47.3 Å². The van der Waals surface area contributed by atoms with Crippen molar-refractivity contribution in [3.63, 3.8) is 0 Å². The molecule has 0 aliphatic heterocycles. The Morgan fingerprint density at radius 2 is 2.09 bits per heavy atom. The summed E-state index contributed by atoms with van der Waals surface area (Å²) in [5, 5.41) is 16.3. The maximum absolute atomic E-state index is 10.9. The zero-order valence-corrected chi connectivity index (χ0v) is 16.2. The van der Waals surface area contributed by atoms with Crippen molar-refractivity contribution in [1.29, 1.82) is 0 Å². The molecule has 0 aliphatic rings. The molecule has 8 heteroatoms. The standard InChI is InChI=1S/C14H20IN3O3Si/c1-22(2,3)9-8-21-7-6-17-13-10-11(18(19)20)4-5-12(13)14(15)16-17/h4-5,10H,6-9H2,1-3H3. The number of fused-ring (bicyclic) bond motifs is 1. The molecule has 1 heterocycles. The van der Waals surface area contributed by atoms with Crippen LogP contribution in [0.5, 0.6) is 0 Å². The lowest BCUT2D eigenvalue weighted by Gasteiger charge is -2.15. The van der Waals surface area contributed by atoms with Crippen molar-refractivity contribution < 1.29 is 9.66 Å². The summed E-state index contributed by atoms with van der Waals surface area (Å²) in [6, 6.07) is 5.98. The summed E-state index contributed by atoms with van der Waals surface area (Å²) < 4.78 is 8.33. The van der Waals surface area contributed by atoms with E-state index in [0.717, 1.165) is 27.3 Å². The van der Waals surface area contributed by atoms with E-state index in [1.54, 1.807) is 16.8 Å². The van der Waals surface area contributed by atoms with Gasteiger partial charge in [0.15, 0.2) is 0 Å². The van der Waals surface area contributed by atoms with E-state index >= 15 is 0 Å². The van der Waals surface area contributed by atoms with Crippen LogP contribution in [0.25, 0.3) is 10.9 Å². The lowest BCUT2D eigenvalue weighted by Crippen LogP contribution is -2.22. The van der Waals surface area contributed by atoms with Crippen LogP contribution in [0, 0.1) is 13.8 Å². The van der Waals surface area contributed by atoms with Gasteiger partial charge in [0.2, 0.25) is 0 Å². The van der Waals surface area contributed by atoms with Gasteiger partial charge in [-0.25, -0.2) is 0 Å². The molecule has 0 atom stereocenters. The van der Waals surface area contributed by atoms with Gasteiger partial charge in [-0.05, 0) is 34.7 Å². The van der Waals surface area contributed by atoms with E-state index in [2.05, 4.69) is 47.3 Å². The molecule has 0 bridgehead atoms. The van der Waals surface area contributed by atoms with E-state index in [1.165, 1.54) is 6.07 Å². The fourth-order valence-electron chi connectivity index (χ4n) is 2.04. The van der Waals surface area contributed by atoms with Gasteiger partial charge in [0.25, 0.3) is 5.69 Å². The van der Waals surface area contributed by atoms with E-state index < -0.39 is 8.07 Å². The van der Waals surface area contributed by atoms with E-state index in [4.69, 9.17) is 4.74 Å². The zero-order valence-electron chi connectivity index (χ0n) is 13.0. The quantitative estimate of drug-likeness (QED) is 0.218. The van der Waals surface area contributed by atoms with Gasteiger partial charge in [-0.3, -0.25) is 14.8 Å². The molecule has 1 aromatic carbocycles. The highest BCUT2D eigenvalue weighted by Gasteiger charge is 2.14. The Hall–Kier alpha value is -1.00. The van der Waals surface area contributed by atoms with Crippen molar-refractivity contribution in [2.45, 2.75) is 32.2 Å². The van der Waals surface area contributed by atoms with Crippen LogP contribution >= 0.6 is 22.6 Å². The summed E-state index contributed by atoms with van der Waals surface area (Å²) in [7, 11) is -1.07. The molecule has 0 radical (unpaired) electrons. The third-order valence-electron chi connectivity index (χ3n) is 3.34. The molecule has 0 amide bonds. The summed E-state index contributed by atoms with van der Waals surface area (Å²) in [5.41, 5.74) is 0.872. The van der Waals surface area contributed by atoms with Crippen LogP contribution in [0.3, 0.4) is 0 Å². The average molecular weight is 433 g/mol. The number of benzene rings is 1. The molecule has 1 aromatic heterocycles. The van der Waals surface area contributed by atoms with Crippen LogP contribution in [-0.2, 0) is 11.3 Å². The molecular formula is C14H20IN3O3Si. The maximum Gasteiger partial charge on any atom is 0.271 e. The molecule has 0 unspecified atom stereocenters. The lowest BCUT2D eigenvalue weighted by atomic mass is 10.2. The Morgan fingerprint density at radius 3 is 2.73 bits per heavy atom. The molecule has 120 valence electrons. The molecule has 0 N–H and O–H groups in total. The van der Waals surface area contributed by atoms with E-state index in [-0.39, 0.29) is 10.6 Å². The Balaban J connectivity index is 2.04. The first-order valence-electron chi connectivity index (χ1n) is 7.16. The Labute approximate surface area is 144 Å². The van der Waals surface area contributed by atoms with Crippen LogP contribution in [-0.4, -0.2) is 36.0 Å². The van der Waals surface area contributed by atoms with Gasteiger partial charge in [0.05, 0.1) is 23.6 Å². The summed E-state index contributed by atoms with van der Waals surface area (Å²) in [6.45, 7) is 8.90. The fraction of sp³-hybridized carbons (Fsp3) is 0.500. The van der Waals surface area contributed by atoms with Gasteiger partial charge in [-0.2, -0.15) is 5.10 Å². The van der Waals surface area contributed by atoms with Crippen molar-refractivity contribution in [3.05, 3.63) is 32.0 Å². The van der Waals surface area contributed by atoms with E-state index in [0.29, 0.717) is 13.2 Å². The number of halogens is 1. The van der Waals surface area contributed by atoms with Gasteiger partial charge >= 0.3 is 0 Å². The van der Waals surface area contributed by atoms with E-state index in [9.17, 15) is 10.1 Å². The van der Waals surface area contributed by atoms with Crippen LogP contribution < -0.4 is 0 Å². The van der Waals surface area contributed by atoms with Crippen LogP contribution in [0.2, 0.25) is 25.7 Å². The predicted octanol–water partition coefficient (Wildman–Crippen LogP) is 3.90. The second kappa shape index (κ2) is 7.05. The topological polar surface area (TPSA) is 70.2 Å². The SMILES string of the molecule is C[Si](C)(C)CCOCCn1nc(I)c2ccc([N+](=O)[O-])cc21. The fourth-order valence-corrected chi connectivity index (χ4v) is 3.51. The number of nitro benzene ring substituents is 1. The monoisotopic (exact) mass is 433 g/mol. The average Bonchev–Trinajstić information content (AvgIpc) is 2.73. The highest BCUT2D eigenvalue weighted by molar-refractivity contribution is 14.1. The molecule has 2 rings (SSSR count). The molecule has 0 fully saturated rings. The molecule has 22 heavy (non-hydrogen) atoms. The number of ether oxygens (including phenoxy) is 1. The number of non-ortho nitro benzene ring substituents is 1. The van der Waals surface area contributed by atoms with Crippen molar-refractivity contribution in [2.75, 3.05) is 13.2 Å². The molecule has 0 spiro atoms. The zero-order chi connectivity index (χ0) is 16.3. The molecule has 6 nitrogen and oxygen atoms in total. The number of rotatable bonds is 7. The second-order valence-corrected chi connectivity index (χ2v) is 13.0. The predicted molar refractivity (Wildman–Crippen MR) is 98.1 cm³/mol. The van der Waals surface area contributed by atoms with Crippen molar-refractivity contribution in [2.24, 2.45) is 0 Å². The minimum atomic E-state index is -1.07. The third-order valence-corrected chi connectivity index (χ3v) is 5.85. The Kier molecular flexibility index (Phi) is 5.56. The second-order valence-electron chi connectivity index (χ2n) is 6.40. The summed E-state index contributed by atoms with van der Waals surface area (Å²) in [5.74, 6) is 0. The van der Waals surface area contributed by atoms with Gasteiger partial charge in [-0.1, -0.05) is 19.6 Å².